The molecule has 25 heavy (non-hydrogen) atoms. The number of carbonyl (C=O) groups excluding carboxylic acids is 1. The lowest BCUT2D eigenvalue weighted by Crippen LogP contribution is -2.48. The molecule has 2 aliphatic heterocycles. The molecule has 3 N–H and O–H groups in total. The number of nitrogens with one attached hydrogen (secondary N) is 1. The third kappa shape index (κ3) is 4.10. The van der Waals surface area contributed by atoms with E-state index in [2.05, 4.69) is 16.4 Å². The van der Waals surface area contributed by atoms with Crippen LogP contribution < -0.4 is 11.1 Å². The summed E-state index contributed by atoms with van der Waals surface area (Å²) in [5.74, 6) is 0.247. The Labute approximate surface area is 152 Å². The summed E-state index contributed by atoms with van der Waals surface area (Å²) in [5, 5.41) is 3.39. The Kier molecular flexibility index (Phi) is 4.97. The highest BCUT2D eigenvalue weighted by molar-refractivity contribution is 8.14. The lowest BCUT2D eigenvalue weighted by atomic mass is 9.81. The van der Waals surface area contributed by atoms with Crippen molar-refractivity contribution in [3.63, 3.8) is 0 Å². The highest BCUT2D eigenvalue weighted by Gasteiger charge is 2.47. The Morgan fingerprint density at radius 1 is 1.48 bits per heavy atom. The van der Waals surface area contributed by atoms with Crippen molar-refractivity contribution in [2.24, 2.45) is 10.9 Å². The van der Waals surface area contributed by atoms with E-state index in [1.54, 1.807) is 11.8 Å². The number of alkyl carbamates (subject to hydrolysis) is 1. The number of rotatable bonds is 1. The SMILES string of the molecule is CC(C)(C)OC(=O)NC1=NCC2COCC[C@]2(c2cccc(N)c2)S1. The van der Waals surface area contributed by atoms with Gasteiger partial charge in [0.25, 0.3) is 0 Å². The molecule has 1 aromatic rings. The van der Waals surface area contributed by atoms with Gasteiger partial charge in [0.2, 0.25) is 0 Å². The zero-order valence-corrected chi connectivity index (χ0v) is 15.7. The molecule has 1 amide bonds. The number of benzene rings is 1. The van der Waals surface area contributed by atoms with Gasteiger partial charge in [-0.2, -0.15) is 0 Å². The molecule has 1 fully saturated rings. The molecule has 2 heterocycles. The minimum Gasteiger partial charge on any atom is -0.444 e. The molecule has 1 saturated heterocycles. The molecule has 6 nitrogen and oxygen atoms in total. The highest BCUT2D eigenvalue weighted by Crippen LogP contribution is 2.51. The minimum absolute atomic E-state index is 0.195. The maximum atomic E-state index is 12.1. The summed E-state index contributed by atoms with van der Waals surface area (Å²) < 4.78 is 10.8. The highest BCUT2D eigenvalue weighted by atomic mass is 32.2. The van der Waals surface area contributed by atoms with Crippen LogP contribution in [0, 0.1) is 5.92 Å². The molecule has 0 spiro atoms. The maximum absolute atomic E-state index is 12.1. The van der Waals surface area contributed by atoms with Crippen LogP contribution in [0.4, 0.5) is 10.5 Å². The second-order valence-corrected chi connectivity index (χ2v) is 8.73. The van der Waals surface area contributed by atoms with Crippen LogP contribution in [0.2, 0.25) is 0 Å². The number of nitrogen functional groups attached to an aromatic ring is 1. The zero-order valence-electron chi connectivity index (χ0n) is 14.9. The van der Waals surface area contributed by atoms with Crippen LogP contribution in [0.15, 0.2) is 29.3 Å². The van der Waals surface area contributed by atoms with Gasteiger partial charge in [0.15, 0.2) is 5.17 Å². The Morgan fingerprint density at radius 2 is 2.28 bits per heavy atom. The van der Waals surface area contributed by atoms with Crippen molar-refractivity contribution in [1.29, 1.82) is 0 Å². The number of fused-ring (bicyclic) bond motifs is 1. The monoisotopic (exact) mass is 363 g/mol. The van der Waals surface area contributed by atoms with Crippen LogP contribution in [0.1, 0.15) is 32.8 Å². The van der Waals surface area contributed by atoms with Gasteiger partial charge < -0.3 is 15.2 Å². The number of hydrogen-bond acceptors (Lipinski definition) is 6. The summed E-state index contributed by atoms with van der Waals surface area (Å²) >= 11 is 1.58. The third-order valence-corrected chi connectivity index (χ3v) is 5.88. The molecular formula is C18H25N3O3S. The van der Waals surface area contributed by atoms with E-state index >= 15 is 0 Å². The number of amides is 1. The molecule has 0 aromatic heterocycles. The number of nitrogens with zero attached hydrogens (tertiary/aromatic N) is 1. The first-order chi connectivity index (χ1) is 11.8. The molecule has 136 valence electrons. The predicted octanol–water partition coefficient (Wildman–Crippen LogP) is 3.13. The molecule has 0 aliphatic carbocycles. The number of ether oxygens (including phenoxy) is 2. The second-order valence-electron chi connectivity index (χ2n) is 7.41. The fraction of sp³-hybridized carbons (Fsp3) is 0.556. The molecule has 0 saturated carbocycles. The molecule has 0 radical (unpaired) electrons. The van der Waals surface area contributed by atoms with Crippen molar-refractivity contribution in [2.45, 2.75) is 37.5 Å². The van der Waals surface area contributed by atoms with Crippen LogP contribution in [0.5, 0.6) is 0 Å². The van der Waals surface area contributed by atoms with E-state index in [0.717, 1.165) is 17.7 Å². The largest absolute Gasteiger partial charge is 0.444 e. The Balaban J connectivity index is 1.84. The zero-order chi connectivity index (χ0) is 18.1. The Hall–Kier alpha value is -1.73. The second kappa shape index (κ2) is 6.88. The van der Waals surface area contributed by atoms with Crippen molar-refractivity contribution >= 4 is 28.7 Å². The first-order valence-electron chi connectivity index (χ1n) is 8.46. The van der Waals surface area contributed by atoms with Gasteiger partial charge in [-0.25, -0.2) is 4.79 Å². The number of aliphatic imine (C=N–C) groups is 1. The number of anilines is 1. The van der Waals surface area contributed by atoms with Crippen LogP contribution in [-0.2, 0) is 14.2 Å². The van der Waals surface area contributed by atoms with Gasteiger partial charge in [0, 0.05) is 24.8 Å². The predicted molar refractivity (Wildman–Crippen MR) is 101 cm³/mol. The van der Waals surface area contributed by atoms with Crippen molar-refractivity contribution < 1.29 is 14.3 Å². The number of nitrogens with two attached hydrogens (primary N) is 1. The van der Waals surface area contributed by atoms with Gasteiger partial charge in [-0.15, -0.1) is 0 Å². The van der Waals surface area contributed by atoms with E-state index < -0.39 is 11.7 Å². The van der Waals surface area contributed by atoms with Gasteiger partial charge in [-0.3, -0.25) is 10.3 Å². The topological polar surface area (TPSA) is 85.9 Å². The lowest BCUT2D eigenvalue weighted by molar-refractivity contribution is 0.0326. The van der Waals surface area contributed by atoms with E-state index in [4.69, 9.17) is 15.2 Å². The maximum Gasteiger partial charge on any atom is 0.413 e. The summed E-state index contributed by atoms with van der Waals surface area (Å²) in [7, 11) is 0. The van der Waals surface area contributed by atoms with Crippen molar-refractivity contribution in [2.75, 3.05) is 25.5 Å². The number of hydrogen-bond donors (Lipinski definition) is 2. The Bertz CT molecular complexity index is 686. The number of amidine groups is 1. The van der Waals surface area contributed by atoms with Gasteiger partial charge in [-0.05, 0) is 44.9 Å². The van der Waals surface area contributed by atoms with E-state index in [1.807, 2.05) is 39.0 Å². The molecular weight excluding hydrogens is 338 g/mol. The van der Waals surface area contributed by atoms with Gasteiger partial charge in [0.05, 0.1) is 11.4 Å². The molecule has 1 unspecified atom stereocenters. The average Bonchev–Trinajstić information content (AvgIpc) is 2.52. The van der Waals surface area contributed by atoms with E-state index in [0.29, 0.717) is 24.9 Å². The number of thioether (sulfide) groups is 1. The molecule has 3 rings (SSSR count). The van der Waals surface area contributed by atoms with Crippen LogP contribution in [-0.4, -0.2) is 36.6 Å². The molecule has 2 atom stereocenters. The van der Waals surface area contributed by atoms with Crippen molar-refractivity contribution in [3.8, 4) is 0 Å². The summed E-state index contributed by atoms with van der Waals surface area (Å²) in [6.07, 6.45) is 0.368. The quantitative estimate of drug-likeness (QED) is 0.749. The standard InChI is InChI=1S/C18H25N3O3S/c1-17(2,3)24-16(22)21-15-20-10-13-11-23-8-7-18(13,25-15)12-5-4-6-14(19)9-12/h4-6,9,13H,7-8,10-11,19H2,1-3H3,(H,20,21,22)/t13?,18-/m1/s1. The molecule has 2 aliphatic rings. The van der Waals surface area contributed by atoms with E-state index in [-0.39, 0.29) is 10.7 Å². The van der Waals surface area contributed by atoms with E-state index in [1.165, 1.54) is 0 Å². The van der Waals surface area contributed by atoms with Crippen LogP contribution in [0.25, 0.3) is 0 Å². The normalized spacial score (nSPS) is 26.4. The molecule has 0 bridgehead atoms. The third-order valence-electron chi connectivity index (χ3n) is 4.31. The molecule has 1 aromatic carbocycles. The summed E-state index contributed by atoms with van der Waals surface area (Å²) in [5.41, 5.74) is 7.36. The summed E-state index contributed by atoms with van der Waals surface area (Å²) in [4.78, 5) is 16.6. The fourth-order valence-corrected chi connectivity index (χ4v) is 4.58. The van der Waals surface area contributed by atoms with E-state index in [9.17, 15) is 4.79 Å². The lowest BCUT2D eigenvalue weighted by Gasteiger charge is -2.45. The summed E-state index contributed by atoms with van der Waals surface area (Å²) in [6.45, 7) is 7.46. The Morgan fingerprint density at radius 3 is 3.00 bits per heavy atom. The summed E-state index contributed by atoms with van der Waals surface area (Å²) in [6, 6.07) is 7.97. The minimum atomic E-state index is -0.545. The average molecular weight is 363 g/mol. The van der Waals surface area contributed by atoms with Gasteiger partial charge in [0.1, 0.15) is 5.60 Å². The first-order valence-corrected chi connectivity index (χ1v) is 9.27. The first kappa shape index (κ1) is 18.1. The molecule has 7 heteroatoms. The van der Waals surface area contributed by atoms with Crippen molar-refractivity contribution in [1.82, 2.24) is 5.32 Å². The van der Waals surface area contributed by atoms with Gasteiger partial charge >= 0.3 is 6.09 Å². The smallest absolute Gasteiger partial charge is 0.413 e. The van der Waals surface area contributed by atoms with Crippen LogP contribution in [0.3, 0.4) is 0 Å². The van der Waals surface area contributed by atoms with Crippen LogP contribution >= 0.6 is 11.8 Å². The van der Waals surface area contributed by atoms with Crippen molar-refractivity contribution in [3.05, 3.63) is 29.8 Å². The fourth-order valence-electron chi connectivity index (χ4n) is 3.22. The van der Waals surface area contributed by atoms with Gasteiger partial charge in [-0.1, -0.05) is 23.9 Å². The number of carbonyl (C=O) groups is 1.